The molecule has 1 unspecified atom stereocenters. The molecule has 1 aliphatic carbocycles. The van der Waals surface area contributed by atoms with Crippen LogP contribution in [0.2, 0.25) is 0 Å². The molecule has 0 saturated carbocycles. The van der Waals surface area contributed by atoms with Gasteiger partial charge in [0.2, 0.25) is 10.0 Å². The Morgan fingerprint density at radius 1 is 1.24 bits per heavy atom. The number of amidine groups is 1. The van der Waals surface area contributed by atoms with Crippen molar-refractivity contribution < 1.29 is 33.5 Å². The van der Waals surface area contributed by atoms with Crippen molar-refractivity contribution in [3.8, 4) is 5.75 Å². The molecule has 0 radical (unpaired) electrons. The normalized spacial score (nSPS) is 19.2. The summed E-state index contributed by atoms with van der Waals surface area (Å²) in [4.78, 5) is 19.6. The zero-order chi connectivity index (χ0) is 27.1. The average molecular weight is 547 g/mol. The number of nitrogens with one attached hydrogen (secondary N) is 2. The van der Waals surface area contributed by atoms with E-state index in [0.29, 0.717) is 16.2 Å². The number of rotatable bonds is 7. The highest BCUT2D eigenvalue weighted by Gasteiger charge is 2.50. The predicted molar refractivity (Wildman–Crippen MR) is 141 cm³/mol. The highest BCUT2D eigenvalue weighted by molar-refractivity contribution is 7.98. The number of aliphatic hydroxyl groups excluding tert-OH is 1. The third-order valence-electron chi connectivity index (χ3n) is 5.81. The van der Waals surface area contributed by atoms with Gasteiger partial charge < -0.3 is 15.1 Å². The molecule has 1 heterocycles. The minimum Gasteiger partial charge on any atom is -0.506 e. The molecular weight excluding hydrogens is 520 g/mol. The van der Waals surface area contributed by atoms with Crippen LogP contribution in [0.15, 0.2) is 62.9 Å². The molecule has 4 rings (SSSR count). The summed E-state index contributed by atoms with van der Waals surface area (Å²) in [6, 6.07) is 9.27. The van der Waals surface area contributed by atoms with Crippen LogP contribution < -0.4 is 15.3 Å². The number of ketones is 1. The first-order valence-electron chi connectivity index (χ1n) is 11.0. The standard InChI is InChI=1S/C24H26N4O7S2/c1-13(2)9-10-24(27-35-3)16-8-6-5-7-15(16)21(30)19(22(24)31)23-25-36-18-12-14(26-37(4,33)34)11-17(29)20(18)28(23)32/h5-9,11-12,26-27,29-30,32H,10H2,1-4H3. The van der Waals surface area contributed by atoms with E-state index in [1.807, 2.05) is 19.9 Å². The molecule has 1 atom stereocenters. The number of phenols is 1. The van der Waals surface area contributed by atoms with Gasteiger partial charge in [0.15, 0.2) is 11.6 Å². The fourth-order valence-corrected chi connectivity index (χ4v) is 5.62. The highest BCUT2D eigenvalue weighted by atomic mass is 32.2. The van der Waals surface area contributed by atoms with Gasteiger partial charge in [0.1, 0.15) is 28.3 Å². The van der Waals surface area contributed by atoms with Gasteiger partial charge in [-0.2, -0.15) is 14.9 Å². The number of hydrogen-bond donors (Lipinski definition) is 5. The minimum atomic E-state index is -3.63. The predicted octanol–water partition coefficient (Wildman–Crippen LogP) is 3.63. The fraction of sp³-hybridized carbons (Fsp3) is 0.250. The van der Waals surface area contributed by atoms with Crippen molar-refractivity contribution in [3.63, 3.8) is 0 Å². The molecule has 2 aliphatic rings. The lowest BCUT2D eigenvalue weighted by atomic mass is 9.72. The number of carbonyl (C=O) groups is 1. The lowest BCUT2D eigenvalue weighted by molar-refractivity contribution is -0.128. The monoisotopic (exact) mass is 546 g/mol. The van der Waals surface area contributed by atoms with Crippen molar-refractivity contribution in [2.75, 3.05) is 23.2 Å². The number of hydrogen-bond acceptors (Lipinski definition) is 11. The molecule has 0 spiro atoms. The summed E-state index contributed by atoms with van der Waals surface area (Å²) in [5.41, 5.74) is 2.77. The maximum Gasteiger partial charge on any atom is 0.229 e. The Balaban J connectivity index is 1.87. The molecule has 2 aromatic rings. The molecule has 0 fully saturated rings. The van der Waals surface area contributed by atoms with Crippen molar-refractivity contribution in [1.82, 2.24) is 5.48 Å². The molecule has 13 heteroatoms. The zero-order valence-corrected chi connectivity index (χ0v) is 22.1. The van der Waals surface area contributed by atoms with Crippen molar-refractivity contribution in [1.29, 1.82) is 0 Å². The number of phenolic OH excluding ortho intramolecular Hbond substituents is 1. The Morgan fingerprint density at radius 2 is 1.95 bits per heavy atom. The zero-order valence-electron chi connectivity index (χ0n) is 20.4. The van der Waals surface area contributed by atoms with Gasteiger partial charge in [0.05, 0.1) is 23.9 Å². The van der Waals surface area contributed by atoms with E-state index in [9.17, 15) is 28.6 Å². The number of benzene rings is 2. The molecule has 0 bridgehead atoms. The molecule has 0 aromatic heterocycles. The Labute approximate surface area is 218 Å². The number of carbonyl (C=O) groups excluding carboxylic acids is 1. The largest absolute Gasteiger partial charge is 0.506 e. The average Bonchev–Trinajstić information content (AvgIpc) is 2.81. The molecule has 37 heavy (non-hydrogen) atoms. The van der Waals surface area contributed by atoms with Crippen LogP contribution in [-0.4, -0.2) is 48.8 Å². The van der Waals surface area contributed by atoms with Crippen LogP contribution >= 0.6 is 11.9 Å². The van der Waals surface area contributed by atoms with E-state index in [-0.39, 0.29) is 34.1 Å². The van der Waals surface area contributed by atoms with E-state index in [1.165, 1.54) is 13.2 Å². The summed E-state index contributed by atoms with van der Waals surface area (Å²) in [7, 11) is -2.25. The van der Waals surface area contributed by atoms with E-state index in [0.717, 1.165) is 29.8 Å². The van der Waals surface area contributed by atoms with Crippen molar-refractivity contribution in [2.45, 2.75) is 30.7 Å². The van der Waals surface area contributed by atoms with Crippen molar-refractivity contribution in [2.24, 2.45) is 4.40 Å². The molecule has 11 nitrogen and oxygen atoms in total. The maximum absolute atomic E-state index is 14.1. The van der Waals surface area contributed by atoms with Gasteiger partial charge in [-0.15, -0.1) is 0 Å². The van der Waals surface area contributed by atoms with E-state index < -0.39 is 32.9 Å². The summed E-state index contributed by atoms with van der Waals surface area (Å²) in [5.74, 6) is -1.79. The summed E-state index contributed by atoms with van der Waals surface area (Å²) in [6.45, 7) is 3.77. The first-order valence-corrected chi connectivity index (χ1v) is 13.7. The first-order chi connectivity index (χ1) is 17.4. The van der Waals surface area contributed by atoms with Crippen molar-refractivity contribution >= 4 is 50.7 Å². The Kier molecular flexibility index (Phi) is 7.10. The summed E-state index contributed by atoms with van der Waals surface area (Å²) in [5, 5.41) is 33.5. The second-order valence-corrected chi connectivity index (χ2v) is 11.4. The van der Waals surface area contributed by atoms with E-state index in [2.05, 4.69) is 14.6 Å². The van der Waals surface area contributed by atoms with Gasteiger partial charge >= 0.3 is 0 Å². The number of allylic oxidation sites excluding steroid dienone is 1. The van der Waals surface area contributed by atoms with Crippen LogP contribution in [0.25, 0.3) is 5.76 Å². The molecule has 2 aromatic carbocycles. The second-order valence-electron chi connectivity index (χ2n) is 8.83. The SMILES string of the molecule is CONC1(CC=C(C)C)C(=O)C(C2=NSc3cc(NS(C)(=O)=O)cc(O)c3N2O)=C(O)c2ccccc21. The van der Waals surface area contributed by atoms with Crippen LogP contribution in [0, 0.1) is 0 Å². The molecule has 196 valence electrons. The van der Waals surface area contributed by atoms with Crippen LogP contribution in [0.1, 0.15) is 31.4 Å². The molecule has 5 N–H and O–H groups in total. The molecular formula is C24H26N4O7S2. The van der Waals surface area contributed by atoms with Gasteiger partial charge in [-0.1, -0.05) is 35.9 Å². The lowest BCUT2D eigenvalue weighted by Crippen LogP contribution is -2.53. The summed E-state index contributed by atoms with van der Waals surface area (Å²) in [6.07, 6.45) is 2.98. The van der Waals surface area contributed by atoms with Crippen LogP contribution in [0.3, 0.4) is 0 Å². The smallest absolute Gasteiger partial charge is 0.229 e. The van der Waals surface area contributed by atoms with Gasteiger partial charge in [-0.05, 0) is 31.9 Å². The molecule has 0 amide bonds. The Morgan fingerprint density at radius 3 is 2.59 bits per heavy atom. The molecule has 1 aliphatic heterocycles. The van der Waals surface area contributed by atoms with Crippen LogP contribution in [-0.2, 0) is 25.2 Å². The summed E-state index contributed by atoms with van der Waals surface area (Å²) >= 11 is 0.796. The summed E-state index contributed by atoms with van der Waals surface area (Å²) < 4.78 is 29.7. The third-order valence-corrected chi connectivity index (χ3v) is 7.19. The van der Waals surface area contributed by atoms with Crippen LogP contribution in [0.4, 0.5) is 11.4 Å². The second kappa shape index (κ2) is 9.84. The lowest BCUT2D eigenvalue weighted by Gasteiger charge is -2.39. The number of aliphatic hydroxyl groups is 1. The molecule has 0 saturated heterocycles. The van der Waals surface area contributed by atoms with Gasteiger partial charge in [0.25, 0.3) is 0 Å². The van der Waals surface area contributed by atoms with E-state index in [4.69, 9.17) is 4.84 Å². The highest BCUT2D eigenvalue weighted by Crippen LogP contribution is 2.47. The van der Waals surface area contributed by atoms with Gasteiger partial charge in [-0.3, -0.25) is 14.7 Å². The number of Topliss-reactive ketones (excluding diaryl/α,β-unsaturated/α-hetero) is 1. The number of fused-ring (bicyclic) bond motifs is 2. The van der Waals surface area contributed by atoms with Gasteiger partial charge in [-0.25, -0.2) is 8.42 Å². The van der Waals surface area contributed by atoms with E-state index in [1.54, 1.807) is 24.3 Å². The van der Waals surface area contributed by atoms with E-state index >= 15 is 0 Å². The van der Waals surface area contributed by atoms with Crippen LogP contribution in [0.5, 0.6) is 5.75 Å². The quantitative estimate of drug-likeness (QED) is 0.197. The van der Waals surface area contributed by atoms with Crippen molar-refractivity contribution in [3.05, 3.63) is 64.7 Å². The Bertz CT molecular complexity index is 1480. The topological polar surface area (TPSA) is 161 Å². The number of nitrogens with zero attached hydrogens (tertiary/aromatic N) is 2. The fourth-order valence-electron chi connectivity index (χ4n) is 4.26. The minimum absolute atomic E-state index is 0.0630. The number of hydroxylamine groups is 2. The first kappa shape index (κ1) is 26.7. The number of anilines is 2. The third kappa shape index (κ3) is 4.83. The van der Waals surface area contributed by atoms with Gasteiger partial charge in [0, 0.05) is 23.6 Å². The Hall–Kier alpha value is -3.36. The number of sulfonamides is 1. The maximum atomic E-state index is 14.1. The number of aromatic hydroxyl groups is 1.